The molecule has 2 saturated heterocycles. The second-order valence-electron chi connectivity index (χ2n) is 10.3. The summed E-state index contributed by atoms with van der Waals surface area (Å²) in [6.45, 7) is 4.76. The van der Waals surface area contributed by atoms with Crippen LogP contribution in [0, 0.1) is 0 Å². The van der Waals surface area contributed by atoms with E-state index < -0.39 is 11.7 Å². The molecule has 0 radical (unpaired) electrons. The fourth-order valence-electron chi connectivity index (χ4n) is 5.40. The van der Waals surface area contributed by atoms with Crippen LogP contribution in [0.2, 0.25) is 10.0 Å². The lowest BCUT2D eigenvalue weighted by molar-refractivity contribution is -0.137. The van der Waals surface area contributed by atoms with Crippen LogP contribution in [0.5, 0.6) is 0 Å². The number of carbonyl (C=O) groups is 1. The molecule has 2 fully saturated rings. The van der Waals surface area contributed by atoms with Crippen LogP contribution >= 0.6 is 23.2 Å². The number of pyridine rings is 2. The fraction of sp³-hybridized carbons (Fsp3) is 0.345. The Kier molecular flexibility index (Phi) is 8.25. The number of imidazole rings is 1. The van der Waals surface area contributed by atoms with Crippen molar-refractivity contribution in [3.8, 4) is 11.3 Å². The first-order valence-corrected chi connectivity index (χ1v) is 14.5. The maximum Gasteiger partial charge on any atom is 0.416 e. The second kappa shape index (κ2) is 12.1. The van der Waals surface area contributed by atoms with Crippen LogP contribution in [0.1, 0.15) is 5.56 Å². The van der Waals surface area contributed by atoms with Gasteiger partial charge in [-0.15, -0.1) is 0 Å². The maximum atomic E-state index is 13.5. The minimum absolute atomic E-state index is 0.0650. The molecular formula is C29H28Cl2F3N7O2. The highest BCUT2D eigenvalue weighted by Crippen LogP contribution is 2.35. The van der Waals surface area contributed by atoms with Gasteiger partial charge in [-0.25, -0.2) is 4.98 Å². The Balaban J connectivity index is 1.21. The van der Waals surface area contributed by atoms with E-state index in [0.717, 1.165) is 30.9 Å². The summed E-state index contributed by atoms with van der Waals surface area (Å²) in [4.78, 5) is 27.8. The van der Waals surface area contributed by atoms with Crippen molar-refractivity contribution >= 4 is 51.9 Å². The lowest BCUT2D eigenvalue weighted by atomic mass is 10.1. The predicted octanol–water partition coefficient (Wildman–Crippen LogP) is 5.32. The number of nitrogens with one attached hydrogen (secondary N) is 1. The molecule has 14 heteroatoms. The second-order valence-corrected chi connectivity index (χ2v) is 11.1. The lowest BCUT2D eigenvalue weighted by Gasteiger charge is -2.36. The minimum atomic E-state index is -4.51. The molecule has 0 bridgehead atoms. The number of anilines is 3. The topological polar surface area (TPSA) is 78.2 Å². The number of rotatable bonds is 6. The normalized spacial score (nSPS) is 16.2. The van der Waals surface area contributed by atoms with Crippen LogP contribution in [-0.2, 0) is 15.7 Å². The average Bonchev–Trinajstić information content (AvgIpc) is 3.38. The Morgan fingerprint density at radius 2 is 1.60 bits per heavy atom. The van der Waals surface area contributed by atoms with Gasteiger partial charge in [0, 0.05) is 69.1 Å². The third kappa shape index (κ3) is 6.17. The number of hydrogen-bond acceptors (Lipinski definition) is 7. The quantitative estimate of drug-likeness (QED) is 0.308. The van der Waals surface area contributed by atoms with Crippen molar-refractivity contribution < 1.29 is 22.7 Å². The molecule has 4 aromatic rings. The van der Waals surface area contributed by atoms with E-state index >= 15 is 0 Å². The third-order valence-electron chi connectivity index (χ3n) is 7.65. The van der Waals surface area contributed by atoms with Crippen LogP contribution in [-0.4, -0.2) is 84.2 Å². The van der Waals surface area contributed by atoms with E-state index in [0.29, 0.717) is 72.2 Å². The van der Waals surface area contributed by atoms with Crippen molar-refractivity contribution in [3.63, 3.8) is 0 Å². The Labute approximate surface area is 255 Å². The molecule has 43 heavy (non-hydrogen) atoms. The molecule has 2 aliphatic heterocycles. The molecule has 0 unspecified atom stereocenters. The van der Waals surface area contributed by atoms with Crippen molar-refractivity contribution in [3.05, 3.63) is 70.6 Å². The van der Waals surface area contributed by atoms with E-state index in [4.69, 9.17) is 27.9 Å². The zero-order valence-electron chi connectivity index (χ0n) is 22.9. The van der Waals surface area contributed by atoms with Crippen molar-refractivity contribution in [2.24, 2.45) is 0 Å². The molecule has 2 aliphatic rings. The van der Waals surface area contributed by atoms with Crippen LogP contribution in [0.3, 0.4) is 0 Å². The standard InChI is InChI=1S/C29H28Cl2F3N7O2/c30-22-16-35-17-23(31)27(22)40-9-7-39(8-10-40)25(42)18-36-28-26(37-24-15-20(29(32,33)34)5-6-41(24)28)19-1-3-21(4-2-19)38-11-13-43-14-12-38/h1-6,15-17,36H,7-14,18H2. The van der Waals surface area contributed by atoms with Gasteiger partial charge in [0.15, 0.2) is 0 Å². The van der Waals surface area contributed by atoms with Crippen molar-refractivity contribution in [1.82, 2.24) is 19.3 Å². The van der Waals surface area contributed by atoms with E-state index in [1.807, 2.05) is 29.2 Å². The van der Waals surface area contributed by atoms with Crippen molar-refractivity contribution in [2.45, 2.75) is 6.18 Å². The number of benzene rings is 1. The molecule has 1 amide bonds. The molecular weight excluding hydrogens is 606 g/mol. The fourth-order valence-corrected chi connectivity index (χ4v) is 6.00. The number of piperazine rings is 1. The van der Waals surface area contributed by atoms with Gasteiger partial charge in [-0.2, -0.15) is 13.2 Å². The number of ether oxygens (including phenoxy) is 1. The zero-order valence-corrected chi connectivity index (χ0v) is 24.5. The van der Waals surface area contributed by atoms with Crippen LogP contribution in [0.25, 0.3) is 16.9 Å². The van der Waals surface area contributed by atoms with Gasteiger partial charge in [-0.1, -0.05) is 35.3 Å². The molecule has 1 N–H and O–H groups in total. The van der Waals surface area contributed by atoms with Crippen molar-refractivity contribution in [1.29, 1.82) is 0 Å². The van der Waals surface area contributed by atoms with Gasteiger partial charge in [-0.3, -0.25) is 14.2 Å². The third-order valence-corrected chi connectivity index (χ3v) is 8.21. The molecule has 9 nitrogen and oxygen atoms in total. The molecule has 3 aromatic heterocycles. The minimum Gasteiger partial charge on any atom is -0.378 e. The Hall–Kier alpha value is -3.74. The number of halogens is 5. The van der Waals surface area contributed by atoms with Gasteiger partial charge in [0.2, 0.25) is 5.91 Å². The van der Waals surface area contributed by atoms with Crippen LogP contribution < -0.4 is 15.1 Å². The van der Waals surface area contributed by atoms with Crippen LogP contribution in [0.15, 0.2) is 55.0 Å². The summed E-state index contributed by atoms with van der Waals surface area (Å²) in [5.41, 5.74) is 2.20. The highest BCUT2D eigenvalue weighted by Gasteiger charge is 2.31. The summed E-state index contributed by atoms with van der Waals surface area (Å²) >= 11 is 12.6. The van der Waals surface area contributed by atoms with Gasteiger partial charge in [0.05, 0.1) is 41.1 Å². The van der Waals surface area contributed by atoms with E-state index in [1.165, 1.54) is 18.6 Å². The molecule has 6 rings (SSSR count). The Morgan fingerprint density at radius 3 is 2.26 bits per heavy atom. The first-order valence-electron chi connectivity index (χ1n) is 13.8. The summed E-state index contributed by atoms with van der Waals surface area (Å²) in [5.74, 6) is 0.284. The highest BCUT2D eigenvalue weighted by atomic mass is 35.5. The van der Waals surface area contributed by atoms with Gasteiger partial charge in [0.1, 0.15) is 17.2 Å². The summed E-state index contributed by atoms with van der Waals surface area (Å²) < 4.78 is 47.4. The molecule has 0 atom stereocenters. The zero-order chi connectivity index (χ0) is 30.1. The summed E-state index contributed by atoms with van der Waals surface area (Å²) in [7, 11) is 0. The van der Waals surface area contributed by atoms with E-state index in [2.05, 4.69) is 20.2 Å². The van der Waals surface area contributed by atoms with E-state index in [9.17, 15) is 18.0 Å². The first kappa shape index (κ1) is 29.3. The predicted molar refractivity (Wildman–Crippen MR) is 160 cm³/mol. The number of hydrogen-bond donors (Lipinski definition) is 1. The number of amides is 1. The summed E-state index contributed by atoms with van der Waals surface area (Å²) in [6, 6.07) is 9.70. The largest absolute Gasteiger partial charge is 0.416 e. The summed E-state index contributed by atoms with van der Waals surface area (Å²) in [6.07, 6.45) is -0.119. The molecule has 0 spiro atoms. The lowest BCUT2D eigenvalue weighted by Crippen LogP contribution is -2.50. The highest BCUT2D eigenvalue weighted by molar-refractivity contribution is 6.38. The maximum absolute atomic E-state index is 13.5. The smallest absolute Gasteiger partial charge is 0.378 e. The number of alkyl halides is 3. The number of fused-ring (bicyclic) bond motifs is 1. The van der Waals surface area contributed by atoms with Crippen LogP contribution in [0.4, 0.5) is 30.4 Å². The summed E-state index contributed by atoms with van der Waals surface area (Å²) in [5, 5.41) is 4.06. The van der Waals surface area contributed by atoms with Gasteiger partial charge < -0.3 is 24.8 Å². The molecule has 226 valence electrons. The average molecular weight is 634 g/mol. The first-order chi connectivity index (χ1) is 20.7. The SMILES string of the molecule is O=C(CNc1c(-c2ccc(N3CCOCC3)cc2)nc2cc(C(F)(F)F)ccn12)N1CCN(c2c(Cl)cncc2Cl)CC1. The Morgan fingerprint density at radius 1 is 0.930 bits per heavy atom. The van der Waals surface area contributed by atoms with Gasteiger partial charge >= 0.3 is 6.18 Å². The van der Waals surface area contributed by atoms with Gasteiger partial charge in [0.25, 0.3) is 0 Å². The van der Waals surface area contributed by atoms with E-state index in [1.54, 1.807) is 9.30 Å². The monoisotopic (exact) mass is 633 g/mol. The van der Waals surface area contributed by atoms with Crippen molar-refractivity contribution in [2.75, 3.05) is 74.1 Å². The number of carbonyl (C=O) groups excluding carboxylic acids is 1. The molecule has 0 aliphatic carbocycles. The molecule has 5 heterocycles. The molecule has 0 saturated carbocycles. The number of aromatic nitrogens is 3. The van der Waals surface area contributed by atoms with E-state index in [-0.39, 0.29) is 18.1 Å². The Bertz CT molecular complexity index is 1600. The molecule has 1 aromatic carbocycles. The van der Waals surface area contributed by atoms with Gasteiger partial charge in [-0.05, 0) is 24.3 Å². The number of morpholine rings is 1. The number of nitrogens with zero attached hydrogens (tertiary/aromatic N) is 6.